The number of hydrogen-bond donors (Lipinski definition) is 1. The van der Waals surface area contributed by atoms with Crippen LogP contribution in [0.15, 0.2) is 28.7 Å². The highest BCUT2D eigenvalue weighted by Crippen LogP contribution is 2.28. The Hall–Kier alpha value is -1.82. The van der Waals surface area contributed by atoms with Gasteiger partial charge < -0.3 is 9.88 Å². The highest BCUT2D eigenvalue weighted by molar-refractivity contribution is 9.10. The monoisotopic (exact) mass is 351 g/mol. The summed E-state index contributed by atoms with van der Waals surface area (Å²) in [5, 5.41) is 14.2. The summed E-state index contributed by atoms with van der Waals surface area (Å²) in [5.41, 5.74) is 4.48. The van der Waals surface area contributed by atoms with Crippen LogP contribution in [0, 0.1) is 24.0 Å². The molecule has 2 rings (SSSR count). The third-order valence-corrected chi connectivity index (χ3v) is 4.29. The lowest BCUT2D eigenvalue weighted by Crippen LogP contribution is -2.03. The van der Waals surface area contributed by atoms with E-state index in [2.05, 4.69) is 52.7 Å². The molecule has 0 amide bonds. The van der Waals surface area contributed by atoms with Crippen molar-refractivity contribution in [2.24, 2.45) is 0 Å². The van der Waals surface area contributed by atoms with Crippen molar-refractivity contribution in [2.75, 3.05) is 5.32 Å². The summed E-state index contributed by atoms with van der Waals surface area (Å²) in [4.78, 5) is 10.5. The molecule has 112 valence electrons. The van der Waals surface area contributed by atoms with Gasteiger partial charge in [0.15, 0.2) is 0 Å². The van der Waals surface area contributed by atoms with Gasteiger partial charge in [0.1, 0.15) is 0 Å². The number of hydrogen-bond acceptors (Lipinski definition) is 3. The zero-order chi connectivity index (χ0) is 15.6. The van der Waals surface area contributed by atoms with E-state index >= 15 is 0 Å². The minimum atomic E-state index is -0.391. The second-order valence-electron chi connectivity index (χ2n) is 4.92. The maximum absolute atomic E-state index is 10.9. The lowest BCUT2D eigenvalue weighted by molar-refractivity contribution is -0.385. The standard InChI is InChI=1S/C15H18BrN3O2/c1-4-18-10(2)7-12(11(18)3)9-17-13-5-6-14(16)15(8-13)19(20)21/h5-8,17H,4,9H2,1-3H3. The van der Waals surface area contributed by atoms with E-state index in [0.29, 0.717) is 11.0 Å². The van der Waals surface area contributed by atoms with Crippen LogP contribution in [0.5, 0.6) is 0 Å². The number of nitrogens with one attached hydrogen (secondary N) is 1. The van der Waals surface area contributed by atoms with Crippen LogP contribution < -0.4 is 5.32 Å². The number of nitro groups is 1. The SMILES string of the molecule is CCn1c(C)cc(CNc2ccc(Br)c([N+](=O)[O-])c2)c1C. The van der Waals surface area contributed by atoms with Crippen molar-refractivity contribution in [3.63, 3.8) is 0 Å². The number of halogens is 1. The van der Waals surface area contributed by atoms with E-state index in [-0.39, 0.29) is 5.69 Å². The van der Waals surface area contributed by atoms with Gasteiger partial charge in [0.25, 0.3) is 5.69 Å². The number of nitro benzene ring substituents is 1. The molecule has 0 unspecified atom stereocenters. The van der Waals surface area contributed by atoms with Gasteiger partial charge in [-0.15, -0.1) is 0 Å². The summed E-state index contributed by atoms with van der Waals surface area (Å²) >= 11 is 3.19. The van der Waals surface area contributed by atoms with E-state index in [1.165, 1.54) is 17.0 Å². The van der Waals surface area contributed by atoms with Crippen LogP contribution in [0.25, 0.3) is 0 Å². The summed E-state index contributed by atoms with van der Waals surface area (Å²) in [6.45, 7) is 7.90. The number of benzene rings is 1. The predicted octanol–water partition coefficient (Wildman–Crippen LogP) is 4.41. The Bertz CT molecular complexity index is 680. The van der Waals surface area contributed by atoms with Gasteiger partial charge in [-0.25, -0.2) is 0 Å². The van der Waals surface area contributed by atoms with Crippen LogP contribution >= 0.6 is 15.9 Å². The van der Waals surface area contributed by atoms with Crippen molar-refractivity contribution < 1.29 is 4.92 Å². The highest BCUT2D eigenvalue weighted by atomic mass is 79.9. The second kappa shape index (κ2) is 6.30. The second-order valence-corrected chi connectivity index (χ2v) is 5.77. The Morgan fingerprint density at radius 3 is 2.62 bits per heavy atom. The maximum atomic E-state index is 10.9. The predicted molar refractivity (Wildman–Crippen MR) is 87.7 cm³/mol. The zero-order valence-electron chi connectivity index (χ0n) is 12.3. The van der Waals surface area contributed by atoms with Crippen LogP contribution in [0.1, 0.15) is 23.9 Å². The summed E-state index contributed by atoms with van der Waals surface area (Å²) in [6.07, 6.45) is 0. The molecule has 21 heavy (non-hydrogen) atoms. The Morgan fingerprint density at radius 2 is 2.05 bits per heavy atom. The molecule has 0 spiro atoms. The quantitative estimate of drug-likeness (QED) is 0.641. The van der Waals surface area contributed by atoms with Crippen LogP contribution in [0.3, 0.4) is 0 Å². The minimum Gasteiger partial charge on any atom is -0.381 e. The van der Waals surface area contributed by atoms with E-state index in [1.54, 1.807) is 12.1 Å². The molecule has 0 aliphatic carbocycles. The molecule has 0 atom stereocenters. The van der Waals surface area contributed by atoms with Crippen molar-refractivity contribution in [1.29, 1.82) is 0 Å². The molecule has 0 aliphatic heterocycles. The highest BCUT2D eigenvalue weighted by Gasteiger charge is 2.13. The molecular formula is C15H18BrN3O2. The van der Waals surface area contributed by atoms with Gasteiger partial charge in [-0.1, -0.05) is 0 Å². The topological polar surface area (TPSA) is 60.1 Å². The van der Waals surface area contributed by atoms with Gasteiger partial charge in [0.2, 0.25) is 0 Å². The molecular weight excluding hydrogens is 334 g/mol. The average Bonchev–Trinajstić information content (AvgIpc) is 2.71. The van der Waals surface area contributed by atoms with Crippen molar-refractivity contribution >= 4 is 27.3 Å². The first-order valence-corrected chi connectivity index (χ1v) is 7.56. The summed E-state index contributed by atoms with van der Waals surface area (Å²) in [5.74, 6) is 0. The first-order chi connectivity index (χ1) is 9.93. The van der Waals surface area contributed by atoms with E-state index in [0.717, 1.165) is 12.2 Å². The fraction of sp³-hybridized carbons (Fsp3) is 0.333. The van der Waals surface area contributed by atoms with E-state index in [1.807, 2.05) is 6.07 Å². The summed E-state index contributed by atoms with van der Waals surface area (Å²) in [6, 6.07) is 7.22. The lowest BCUT2D eigenvalue weighted by atomic mass is 10.2. The Morgan fingerprint density at radius 1 is 1.33 bits per heavy atom. The van der Waals surface area contributed by atoms with Crippen LogP contribution in [0.4, 0.5) is 11.4 Å². The molecule has 0 fully saturated rings. The molecule has 0 radical (unpaired) electrons. The zero-order valence-corrected chi connectivity index (χ0v) is 13.9. The van der Waals surface area contributed by atoms with Crippen LogP contribution in [-0.2, 0) is 13.1 Å². The van der Waals surface area contributed by atoms with E-state index in [4.69, 9.17) is 0 Å². The Kier molecular flexibility index (Phi) is 4.67. The van der Waals surface area contributed by atoms with Crippen molar-refractivity contribution in [3.8, 4) is 0 Å². The van der Waals surface area contributed by atoms with Gasteiger partial charge in [-0.3, -0.25) is 10.1 Å². The van der Waals surface area contributed by atoms with Gasteiger partial charge in [-0.05, 0) is 60.5 Å². The molecule has 1 aromatic heterocycles. The Labute approximate surface area is 132 Å². The third kappa shape index (κ3) is 3.26. The van der Waals surface area contributed by atoms with Gasteiger partial charge in [0, 0.05) is 36.2 Å². The first-order valence-electron chi connectivity index (χ1n) is 6.77. The lowest BCUT2D eigenvalue weighted by Gasteiger charge is -2.08. The fourth-order valence-electron chi connectivity index (χ4n) is 2.50. The molecule has 5 nitrogen and oxygen atoms in total. The molecule has 0 bridgehead atoms. The molecule has 0 aliphatic rings. The van der Waals surface area contributed by atoms with E-state index < -0.39 is 4.92 Å². The van der Waals surface area contributed by atoms with Crippen molar-refractivity contribution in [2.45, 2.75) is 33.9 Å². The molecule has 2 aromatic rings. The molecule has 1 heterocycles. The first kappa shape index (κ1) is 15.6. The molecule has 0 saturated carbocycles. The normalized spacial score (nSPS) is 10.7. The van der Waals surface area contributed by atoms with E-state index in [9.17, 15) is 10.1 Å². The van der Waals surface area contributed by atoms with Crippen molar-refractivity contribution in [1.82, 2.24) is 4.57 Å². The number of anilines is 1. The smallest absolute Gasteiger partial charge is 0.285 e. The molecule has 1 aromatic carbocycles. The minimum absolute atomic E-state index is 0.0685. The molecule has 6 heteroatoms. The average molecular weight is 352 g/mol. The van der Waals surface area contributed by atoms with Crippen LogP contribution in [-0.4, -0.2) is 9.49 Å². The maximum Gasteiger partial charge on any atom is 0.285 e. The molecule has 0 saturated heterocycles. The van der Waals surface area contributed by atoms with Crippen LogP contribution in [0.2, 0.25) is 0 Å². The fourth-order valence-corrected chi connectivity index (χ4v) is 2.89. The number of rotatable bonds is 5. The number of aromatic nitrogens is 1. The molecule has 1 N–H and O–H groups in total. The summed E-state index contributed by atoms with van der Waals surface area (Å²) < 4.78 is 2.74. The summed E-state index contributed by atoms with van der Waals surface area (Å²) in [7, 11) is 0. The number of aryl methyl sites for hydroxylation is 1. The van der Waals surface area contributed by atoms with Crippen molar-refractivity contribution in [3.05, 3.63) is 55.8 Å². The third-order valence-electron chi connectivity index (χ3n) is 3.62. The van der Waals surface area contributed by atoms with Gasteiger partial charge >= 0.3 is 0 Å². The van der Waals surface area contributed by atoms with Gasteiger partial charge in [-0.2, -0.15) is 0 Å². The Balaban J connectivity index is 2.17. The van der Waals surface area contributed by atoms with Gasteiger partial charge in [0.05, 0.1) is 9.40 Å². The largest absolute Gasteiger partial charge is 0.381 e. The number of nitrogens with zero attached hydrogens (tertiary/aromatic N) is 2.